The molecule has 0 unspecified atom stereocenters. The summed E-state index contributed by atoms with van der Waals surface area (Å²) in [5.41, 5.74) is 0.446. The highest BCUT2D eigenvalue weighted by atomic mass is 16.5. The predicted octanol–water partition coefficient (Wildman–Crippen LogP) is 3.49. The summed E-state index contributed by atoms with van der Waals surface area (Å²) < 4.78 is 10.2. The van der Waals surface area contributed by atoms with Gasteiger partial charge in [-0.3, -0.25) is 4.79 Å². The van der Waals surface area contributed by atoms with Gasteiger partial charge in [-0.05, 0) is 55.0 Å². The number of nitrogens with zero attached hydrogens (tertiary/aromatic N) is 1. The third-order valence-electron chi connectivity index (χ3n) is 5.69. The molecule has 1 aliphatic rings. The highest BCUT2D eigenvalue weighted by Gasteiger charge is 2.58. The van der Waals surface area contributed by atoms with Gasteiger partial charge in [0.2, 0.25) is 0 Å². The van der Waals surface area contributed by atoms with Crippen molar-refractivity contribution in [3.05, 3.63) is 29.8 Å². The largest absolute Gasteiger partial charge is 0.497 e. The Balaban J connectivity index is 2.37. The van der Waals surface area contributed by atoms with Gasteiger partial charge in [-0.2, -0.15) is 0 Å². The van der Waals surface area contributed by atoms with Crippen LogP contribution < -0.4 is 4.74 Å². The molecule has 0 heterocycles. The van der Waals surface area contributed by atoms with Crippen molar-refractivity contribution in [3.8, 4) is 5.75 Å². The van der Waals surface area contributed by atoms with Crippen molar-refractivity contribution in [1.29, 1.82) is 0 Å². The molecule has 1 aromatic rings. The van der Waals surface area contributed by atoms with Gasteiger partial charge in [0.1, 0.15) is 5.75 Å². The Bertz CT molecular complexity index is 606. The molecule has 0 amide bonds. The van der Waals surface area contributed by atoms with Gasteiger partial charge in [-0.15, -0.1) is 0 Å². The summed E-state index contributed by atoms with van der Waals surface area (Å²) in [6, 6.07) is 7.42. The van der Waals surface area contributed by atoms with E-state index in [-0.39, 0.29) is 17.3 Å². The van der Waals surface area contributed by atoms with Crippen LogP contribution in [0.15, 0.2) is 29.4 Å². The lowest BCUT2D eigenvalue weighted by atomic mass is 9.64. The zero-order valence-corrected chi connectivity index (χ0v) is 14.4. The third kappa shape index (κ3) is 2.69. The molecule has 1 saturated carbocycles. The number of ether oxygens (including phenoxy) is 2. The number of oxime groups is 1. The Morgan fingerprint density at radius 1 is 1.22 bits per heavy atom. The van der Waals surface area contributed by atoms with Crippen molar-refractivity contribution in [2.45, 2.75) is 33.6 Å². The fourth-order valence-corrected chi connectivity index (χ4v) is 3.66. The zero-order valence-electron chi connectivity index (χ0n) is 14.4. The second kappa shape index (κ2) is 6.22. The molecule has 0 spiro atoms. The molecule has 5 nitrogen and oxygen atoms in total. The number of hydrogen-bond donors (Lipinski definition) is 1. The van der Waals surface area contributed by atoms with Crippen LogP contribution in [0.3, 0.4) is 0 Å². The Morgan fingerprint density at radius 2 is 1.83 bits per heavy atom. The average Bonchev–Trinajstić information content (AvgIpc) is 2.80. The summed E-state index contributed by atoms with van der Waals surface area (Å²) in [4.78, 5) is 12.3. The van der Waals surface area contributed by atoms with Crippen LogP contribution in [0.25, 0.3) is 0 Å². The SMILES string of the molecule is COC(=O)[C@@]1(C)CC[C@H](/C(=N/O)c2ccc(OC)cc2)C1(C)C. The van der Waals surface area contributed by atoms with E-state index >= 15 is 0 Å². The van der Waals surface area contributed by atoms with Gasteiger partial charge in [0, 0.05) is 5.92 Å². The Hall–Kier alpha value is -2.04. The topological polar surface area (TPSA) is 68.1 Å². The normalized spacial score (nSPS) is 26.8. The van der Waals surface area contributed by atoms with E-state index in [1.165, 1.54) is 7.11 Å². The van der Waals surface area contributed by atoms with Gasteiger partial charge in [-0.1, -0.05) is 19.0 Å². The first kappa shape index (κ1) is 17.3. The van der Waals surface area contributed by atoms with Gasteiger partial charge < -0.3 is 14.7 Å². The number of methoxy groups -OCH3 is 2. The molecule has 1 N–H and O–H groups in total. The maximum Gasteiger partial charge on any atom is 0.312 e. The molecular weight excluding hydrogens is 294 g/mol. The Labute approximate surface area is 137 Å². The molecule has 2 rings (SSSR count). The summed E-state index contributed by atoms with van der Waals surface area (Å²) in [6.45, 7) is 6.01. The number of carbonyl (C=O) groups excluding carboxylic acids is 1. The second-order valence-electron chi connectivity index (χ2n) is 6.85. The fourth-order valence-electron chi connectivity index (χ4n) is 3.66. The standard InChI is InChI=1S/C18H25NO4/c1-17(2)14(10-11-18(17,3)16(20)23-5)15(19-21)12-6-8-13(22-4)9-7-12/h6-9,14,21H,10-11H2,1-5H3/b19-15+/t14-,18-/m1/s1. The van der Waals surface area contributed by atoms with E-state index in [9.17, 15) is 10.0 Å². The van der Waals surface area contributed by atoms with E-state index in [4.69, 9.17) is 9.47 Å². The first-order valence-corrected chi connectivity index (χ1v) is 7.76. The quantitative estimate of drug-likeness (QED) is 0.399. The number of benzene rings is 1. The lowest BCUT2D eigenvalue weighted by Crippen LogP contribution is -2.43. The van der Waals surface area contributed by atoms with Crippen molar-refractivity contribution in [2.24, 2.45) is 21.9 Å². The lowest BCUT2D eigenvalue weighted by molar-refractivity contribution is -0.157. The maximum atomic E-state index is 12.3. The first-order chi connectivity index (χ1) is 10.8. The van der Waals surface area contributed by atoms with Crippen LogP contribution in [0.4, 0.5) is 0 Å². The monoisotopic (exact) mass is 319 g/mol. The minimum Gasteiger partial charge on any atom is -0.497 e. The van der Waals surface area contributed by atoms with Crippen LogP contribution in [0.2, 0.25) is 0 Å². The smallest absolute Gasteiger partial charge is 0.312 e. The van der Waals surface area contributed by atoms with Crippen LogP contribution in [-0.2, 0) is 9.53 Å². The van der Waals surface area contributed by atoms with Crippen LogP contribution in [-0.4, -0.2) is 31.1 Å². The third-order valence-corrected chi connectivity index (χ3v) is 5.69. The van der Waals surface area contributed by atoms with Crippen LogP contribution in [0.1, 0.15) is 39.2 Å². The van der Waals surface area contributed by atoms with Gasteiger partial charge in [-0.25, -0.2) is 0 Å². The molecule has 1 fully saturated rings. The number of hydrogen-bond acceptors (Lipinski definition) is 5. The maximum absolute atomic E-state index is 12.3. The van der Waals surface area contributed by atoms with Crippen LogP contribution in [0, 0.1) is 16.7 Å². The molecule has 1 aromatic carbocycles. The van der Waals surface area contributed by atoms with Crippen molar-refractivity contribution in [3.63, 3.8) is 0 Å². The van der Waals surface area contributed by atoms with E-state index in [0.717, 1.165) is 17.7 Å². The van der Waals surface area contributed by atoms with Gasteiger partial charge in [0.05, 0.1) is 25.3 Å². The minimum atomic E-state index is -0.602. The van der Waals surface area contributed by atoms with E-state index in [1.807, 2.05) is 45.0 Å². The van der Waals surface area contributed by atoms with Gasteiger partial charge in [0.15, 0.2) is 0 Å². The van der Waals surface area contributed by atoms with Crippen molar-refractivity contribution in [1.82, 2.24) is 0 Å². The molecular formula is C18H25NO4. The van der Waals surface area contributed by atoms with Gasteiger partial charge >= 0.3 is 5.97 Å². The van der Waals surface area contributed by atoms with E-state index in [2.05, 4.69) is 5.16 Å². The molecule has 2 atom stereocenters. The van der Waals surface area contributed by atoms with Crippen LogP contribution >= 0.6 is 0 Å². The predicted molar refractivity (Wildman–Crippen MR) is 87.9 cm³/mol. The fraction of sp³-hybridized carbons (Fsp3) is 0.556. The highest BCUT2D eigenvalue weighted by molar-refractivity contribution is 6.03. The van der Waals surface area contributed by atoms with Crippen LogP contribution in [0.5, 0.6) is 5.75 Å². The summed E-state index contributed by atoms with van der Waals surface area (Å²) in [7, 11) is 3.03. The zero-order chi connectivity index (χ0) is 17.3. The molecule has 0 saturated heterocycles. The highest BCUT2D eigenvalue weighted by Crippen LogP contribution is 2.57. The first-order valence-electron chi connectivity index (χ1n) is 7.76. The molecule has 0 aliphatic heterocycles. The average molecular weight is 319 g/mol. The van der Waals surface area contributed by atoms with Crippen molar-refractivity contribution < 1.29 is 19.5 Å². The Kier molecular flexibility index (Phi) is 4.68. The summed E-state index contributed by atoms with van der Waals surface area (Å²) in [6.07, 6.45) is 1.47. The van der Waals surface area contributed by atoms with Crippen molar-refractivity contribution >= 4 is 11.7 Å². The number of rotatable bonds is 4. The second-order valence-corrected chi connectivity index (χ2v) is 6.85. The molecule has 0 aromatic heterocycles. The Morgan fingerprint density at radius 3 is 2.30 bits per heavy atom. The molecule has 5 heteroatoms. The van der Waals surface area contributed by atoms with E-state index in [1.54, 1.807) is 7.11 Å². The number of carbonyl (C=O) groups is 1. The lowest BCUT2D eigenvalue weighted by Gasteiger charge is -2.39. The molecule has 126 valence electrons. The molecule has 23 heavy (non-hydrogen) atoms. The summed E-state index contributed by atoms with van der Waals surface area (Å²) in [5.74, 6) is 0.498. The molecule has 0 bridgehead atoms. The number of esters is 1. The van der Waals surface area contributed by atoms with E-state index in [0.29, 0.717) is 12.1 Å². The van der Waals surface area contributed by atoms with Crippen molar-refractivity contribution in [2.75, 3.05) is 14.2 Å². The van der Waals surface area contributed by atoms with E-state index < -0.39 is 5.41 Å². The summed E-state index contributed by atoms with van der Waals surface area (Å²) >= 11 is 0. The minimum absolute atomic E-state index is 0.0370. The molecule has 0 radical (unpaired) electrons. The van der Waals surface area contributed by atoms with Gasteiger partial charge in [0.25, 0.3) is 0 Å². The summed E-state index contributed by atoms with van der Waals surface area (Å²) in [5, 5.41) is 13.2. The molecule has 1 aliphatic carbocycles.